The van der Waals surface area contributed by atoms with Crippen molar-refractivity contribution in [3.63, 3.8) is 0 Å². The highest BCUT2D eigenvalue weighted by atomic mass is 19.1. The van der Waals surface area contributed by atoms with E-state index in [0.29, 0.717) is 34.9 Å². The van der Waals surface area contributed by atoms with Crippen LogP contribution in [0.25, 0.3) is 11.3 Å². The van der Waals surface area contributed by atoms with Crippen molar-refractivity contribution in [3.8, 4) is 17.0 Å². The number of carbonyl (C=O) groups excluding carboxylic acids is 1. The molecule has 4 rings (SSSR count). The maximum Gasteiger partial charge on any atom is 0.255 e. The van der Waals surface area contributed by atoms with Crippen molar-refractivity contribution in [1.82, 2.24) is 10.2 Å². The van der Waals surface area contributed by atoms with E-state index >= 15 is 0 Å². The van der Waals surface area contributed by atoms with Crippen LogP contribution in [0.1, 0.15) is 23.2 Å². The predicted octanol–water partition coefficient (Wildman–Crippen LogP) is 4.03. The molecule has 0 spiro atoms. The van der Waals surface area contributed by atoms with Crippen LogP contribution in [0.2, 0.25) is 0 Å². The quantitative estimate of drug-likeness (QED) is 0.676. The molecule has 0 unspecified atom stereocenters. The molecule has 0 radical (unpaired) electrons. The normalized spacial score (nSPS) is 16.1. The van der Waals surface area contributed by atoms with Crippen molar-refractivity contribution < 1.29 is 18.7 Å². The molecule has 2 heterocycles. The molecule has 1 aromatic heterocycles. The van der Waals surface area contributed by atoms with Crippen LogP contribution < -0.4 is 10.1 Å². The van der Waals surface area contributed by atoms with Crippen molar-refractivity contribution in [2.45, 2.75) is 18.9 Å². The predicted molar refractivity (Wildman–Crippen MR) is 103 cm³/mol. The van der Waals surface area contributed by atoms with Crippen molar-refractivity contribution in [2.24, 2.45) is 0 Å². The standard InChI is InChI=1S/C21H20FN3O3/c22-18-9-2-1-8-17(18)20-19(12-23-25-20)24-21(26)14-5-3-6-15(11-14)28-13-16-7-4-10-27-16/h1-3,5-6,8-9,11-12,16H,4,7,10,13H2,(H,23,25)(H,24,26)/t16-/m1/s1. The van der Waals surface area contributed by atoms with E-state index in [-0.39, 0.29) is 12.0 Å². The Labute approximate surface area is 161 Å². The van der Waals surface area contributed by atoms with Gasteiger partial charge in [0.15, 0.2) is 0 Å². The van der Waals surface area contributed by atoms with Crippen LogP contribution in [0.5, 0.6) is 5.75 Å². The molecule has 0 aliphatic carbocycles. The van der Waals surface area contributed by atoms with Crippen molar-refractivity contribution in [1.29, 1.82) is 0 Å². The zero-order chi connectivity index (χ0) is 19.3. The molecule has 28 heavy (non-hydrogen) atoms. The summed E-state index contributed by atoms with van der Waals surface area (Å²) in [7, 11) is 0. The number of H-pyrrole nitrogens is 1. The summed E-state index contributed by atoms with van der Waals surface area (Å²) in [5.74, 6) is -0.127. The molecule has 7 heteroatoms. The number of nitrogens with zero attached hydrogens (tertiary/aromatic N) is 1. The Kier molecular flexibility index (Phi) is 5.34. The fraction of sp³-hybridized carbons (Fsp3) is 0.238. The van der Waals surface area contributed by atoms with Gasteiger partial charge in [0.05, 0.1) is 23.7 Å². The van der Waals surface area contributed by atoms with Gasteiger partial charge in [-0.25, -0.2) is 4.39 Å². The van der Waals surface area contributed by atoms with Gasteiger partial charge in [-0.1, -0.05) is 18.2 Å². The van der Waals surface area contributed by atoms with Crippen LogP contribution in [0.3, 0.4) is 0 Å². The molecule has 1 fully saturated rings. The number of halogens is 1. The molecule has 2 aromatic carbocycles. The molecule has 0 saturated carbocycles. The van der Waals surface area contributed by atoms with E-state index in [1.807, 2.05) is 0 Å². The van der Waals surface area contributed by atoms with Gasteiger partial charge in [0.25, 0.3) is 5.91 Å². The third-order valence-electron chi connectivity index (χ3n) is 4.59. The first-order valence-electron chi connectivity index (χ1n) is 9.15. The number of ether oxygens (including phenoxy) is 2. The van der Waals surface area contributed by atoms with E-state index in [4.69, 9.17) is 9.47 Å². The number of amides is 1. The molecular weight excluding hydrogens is 361 g/mol. The average molecular weight is 381 g/mol. The first kappa shape index (κ1) is 18.2. The highest BCUT2D eigenvalue weighted by molar-refractivity contribution is 6.06. The highest BCUT2D eigenvalue weighted by Gasteiger charge is 2.17. The number of aromatic nitrogens is 2. The van der Waals surface area contributed by atoms with Crippen molar-refractivity contribution in [3.05, 3.63) is 66.1 Å². The van der Waals surface area contributed by atoms with Gasteiger partial charge in [0.2, 0.25) is 0 Å². The SMILES string of the molecule is O=C(Nc1cn[nH]c1-c1ccccc1F)c1cccc(OC[C@H]2CCCO2)c1. The Hall–Kier alpha value is -3.19. The molecule has 1 atom stereocenters. The van der Waals surface area contributed by atoms with Crippen LogP contribution in [0.15, 0.2) is 54.7 Å². The van der Waals surface area contributed by atoms with Gasteiger partial charge < -0.3 is 14.8 Å². The van der Waals surface area contributed by atoms with Gasteiger partial charge in [-0.05, 0) is 43.2 Å². The molecular formula is C21H20FN3O3. The first-order valence-corrected chi connectivity index (χ1v) is 9.15. The molecule has 3 aromatic rings. The third-order valence-corrected chi connectivity index (χ3v) is 4.59. The maximum absolute atomic E-state index is 14.1. The van der Waals surface area contributed by atoms with Crippen LogP contribution >= 0.6 is 0 Å². The number of carbonyl (C=O) groups is 1. The van der Waals surface area contributed by atoms with Crippen LogP contribution in [-0.4, -0.2) is 35.4 Å². The minimum atomic E-state index is -0.397. The minimum Gasteiger partial charge on any atom is -0.491 e. The van der Waals surface area contributed by atoms with Crippen molar-refractivity contribution in [2.75, 3.05) is 18.5 Å². The molecule has 144 valence electrons. The van der Waals surface area contributed by atoms with Crippen molar-refractivity contribution >= 4 is 11.6 Å². The summed E-state index contributed by atoms with van der Waals surface area (Å²) in [6.07, 6.45) is 3.59. The topological polar surface area (TPSA) is 76.2 Å². The summed E-state index contributed by atoms with van der Waals surface area (Å²) in [5, 5.41) is 9.45. The number of anilines is 1. The van der Waals surface area contributed by atoms with E-state index in [1.54, 1.807) is 42.5 Å². The molecule has 1 aliphatic rings. The number of nitrogens with one attached hydrogen (secondary N) is 2. The lowest BCUT2D eigenvalue weighted by molar-refractivity contribution is 0.0679. The smallest absolute Gasteiger partial charge is 0.255 e. The Morgan fingerprint density at radius 1 is 1.29 bits per heavy atom. The molecule has 1 aliphatic heterocycles. The fourth-order valence-corrected chi connectivity index (χ4v) is 3.14. The monoisotopic (exact) mass is 381 g/mol. The Morgan fingerprint density at radius 3 is 3.00 bits per heavy atom. The molecule has 2 N–H and O–H groups in total. The summed E-state index contributed by atoms with van der Waals surface area (Å²) in [4.78, 5) is 12.7. The Morgan fingerprint density at radius 2 is 2.18 bits per heavy atom. The van der Waals surface area contributed by atoms with Crippen LogP contribution in [0.4, 0.5) is 10.1 Å². The van der Waals surface area contributed by atoms with Gasteiger partial charge in [-0.2, -0.15) is 5.10 Å². The Bertz CT molecular complexity index is 967. The zero-order valence-corrected chi connectivity index (χ0v) is 15.2. The number of rotatable bonds is 6. The lowest BCUT2D eigenvalue weighted by Gasteiger charge is -2.12. The zero-order valence-electron chi connectivity index (χ0n) is 15.2. The molecule has 1 saturated heterocycles. The summed E-state index contributed by atoms with van der Waals surface area (Å²) in [5.41, 5.74) is 1.59. The van der Waals surface area contributed by atoms with E-state index in [0.717, 1.165) is 19.4 Å². The second kappa shape index (κ2) is 8.22. The van der Waals surface area contributed by atoms with Crippen LogP contribution in [0, 0.1) is 5.82 Å². The van der Waals surface area contributed by atoms with Crippen LogP contribution in [-0.2, 0) is 4.74 Å². The van der Waals surface area contributed by atoms with Gasteiger partial charge >= 0.3 is 0 Å². The Balaban J connectivity index is 1.47. The van der Waals surface area contributed by atoms with E-state index < -0.39 is 5.82 Å². The van der Waals surface area contributed by atoms with Gasteiger partial charge in [-0.3, -0.25) is 9.89 Å². The largest absolute Gasteiger partial charge is 0.491 e. The van der Waals surface area contributed by atoms with Gasteiger partial charge in [0.1, 0.15) is 18.2 Å². The summed E-state index contributed by atoms with van der Waals surface area (Å²) >= 11 is 0. The first-order chi connectivity index (χ1) is 13.7. The maximum atomic E-state index is 14.1. The number of hydrogen-bond acceptors (Lipinski definition) is 4. The van der Waals surface area contributed by atoms with E-state index in [1.165, 1.54) is 12.3 Å². The molecule has 6 nitrogen and oxygen atoms in total. The minimum absolute atomic E-state index is 0.103. The summed E-state index contributed by atoms with van der Waals surface area (Å²) < 4.78 is 25.4. The summed E-state index contributed by atoms with van der Waals surface area (Å²) in [6, 6.07) is 13.2. The number of aromatic amines is 1. The van der Waals surface area contributed by atoms with Gasteiger partial charge in [-0.15, -0.1) is 0 Å². The fourth-order valence-electron chi connectivity index (χ4n) is 3.14. The average Bonchev–Trinajstić information content (AvgIpc) is 3.39. The second-order valence-electron chi connectivity index (χ2n) is 6.57. The molecule has 1 amide bonds. The lowest BCUT2D eigenvalue weighted by atomic mass is 10.1. The van der Waals surface area contributed by atoms with Gasteiger partial charge in [0, 0.05) is 17.7 Å². The lowest BCUT2D eigenvalue weighted by Crippen LogP contribution is -2.17. The molecule has 0 bridgehead atoms. The highest BCUT2D eigenvalue weighted by Crippen LogP contribution is 2.28. The van der Waals surface area contributed by atoms with E-state index in [9.17, 15) is 9.18 Å². The number of benzene rings is 2. The van der Waals surface area contributed by atoms with E-state index in [2.05, 4.69) is 15.5 Å². The number of hydrogen-bond donors (Lipinski definition) is 2. The second-order valence-corrected chi connectivity index (χ2v) is 6.57. The third kappa shape index (κ3) is 4.04. The summed E-state index contributed by atoms with van der Waals surface area (Å²) in [6.45, 7) is 1.23.